The fourth-order valence-electron chi connectivity index (χ4n) is 7.23. The van der Waals surface area contributed by atoms with Crippen molar-refractivity contribution in [1.29, 1.82) is 0 Å². The Morgan fingerprint density at radius 3 is 2.34 bits per heavy atom. The smallest absolute Gasteiger partial charge is 0.410 e. The van der Waals surface area contributed by atoms with Gasteiger partial charge in [-0.15, -0.1) is 0 Å². The summed E-state index contributed by atoms with van der Waals surface area (Å²) in [6.45, 7) is 20.7. The van der Waals surface area contributed by atoms with Gasteiger partial charge in [-0.25, -0.2) is 9.48 Å². The maximum atomic E-state index is 12.5. The summed E-state index contributed by atoms with van der Waals surface area (Å²) in [4.78, 5) is 16.5. The molecule has 0 aromatic carbocycles. The van der Waals surface area contributed by atoms with E-state index in [4.69, 9.17) is 19.0 Å². The molecule has 9 heteroatoms. The van der Waals surface area contributed by atoms with E-state index in [1.165, 1.54) is 56.2 Å². The lowest BCUT2D eigenvalue weighted by atomic mass is 9.60. The lowest BCUT2D eigenvalue weighted by Gasteiger charge is -2.52. The highest BCUT2D eigenvalue weighted by Crippen LogP contribution is 2.55. The van der Waals surface area contributed by atoms with E-state index in [-0.39, 0.29) is 22.8 Å². The number of hydrogen-bond donors (Lipinski definition) is 0. The van der Waals surface area contributed by atoms with E-state index in [1.807, 2.05) is 27.8 Å². The van der Waals surface area contributed by atoms with Gasteiger partial charge in [-0.2, -0.15) is 5.10 Å². The molecule has 0 N–H and O–H groups in total. The van der Waals surface area contributed by atoms with Gasteiger partial charge in [0.2, 0.25) is 0 Å². The van der Waals surface area contributed by atoms with Crippen molar-refractivity contribution >= 4 is 14.4 Å². The number of nitrogens with zero attached hydrogens (tertiary/aromatic N) is 4. The predicted octanol–water partition coefficient (Wildman–Crippen LogP) is 8.49. The lowest BCUT2D eigenvalue weighted by Crippen LogP contribution is -2.52. The molecule has 8 nitrogen and oxygen atoms in total. The summed E-state index contributed by atoms with van der Waals surface area (Å²) in [7, 11) is 2.09. The van der Waals surface area contributed by atoms with Crippen molar-refractivity contribution in [2.45, 2.75) is 161 Å². The third kappa shape index (κ3) is 8.89. The van der Waals surface area contributed by atoms with Crippen molar-refractivity contribution in [2.75, 3.05) is 33.8 Å². The number of hydrogen-bond acceptors (Lipinski definition) is 6. The van der Waals surface area contributed by atoms with Crippen molar-refractivity contribution in [3.63, 3.8) is 0 Å². The second-order valence-corrected chi connectivity index (χ2v) is 21.5. The Bertz CT molecular complexity index is 1080. The lowest BCUT2D eigenvalue weighted by molar-refractivity contribution is -0.0420. The molecule has 2 heterocycles. The van der Waals surface area contributed by atoms with Crippen molar-refractivity contribution in [3.8, 4) is 0 Å². The zero-order chi connectivity index (χ0) is 32.3. The number of carbonyl (C=O) groups is 1. The molecule has 4 rings (SSSR count). The van der Waals surface area contributed by atoms with Crippen molar-refractivity contribution in [3.05, 3.63) is 17.5 Å². The summed E-state index contributed by atoms with van der Waals surface area (Å²) in [6.07, 6.45) is 15.7. The molecule has 3 fully saturated rings. The molecule has 0 bridgehead atoms. The largest absolute Gasteiger partial charge is 0.444 e. The molecule has 1 amide bonds. The summed E-state index contributed by atoms with van der Waals surface area (Å²) in [5.41, 5.74) is 2.33. The first kappa shape index (κ1) is 35.4. The quantitative estimate of drug-likeness (QED) is 0.254. The summed E-state index contributed by atoms with van der Waals surface area (Å²) in [5, 5.41) is 5.56. The molecule has 2 saturated carbocycles. The van der Waals surface area contributed by atoms with Crippen LogP contribution in [-0.4, -0.2) is 79.5 Å². The highest BCUT2D eigenvalue weighted by molar-refractivity contribution is 6.74. The SMILES string of the molecule is CN(CCN(C)C(=O)OC(C)(C)C)Cc1cn(C2CCCCO2)nc1C1CCC(O[Si](C)(C)C(C)(C)C)C2(CCCCC2)C1. The maximum absolute atomic E-state index is 12.5. The van der Waals surface area contributed by atoms with E-state index < -0.39 is 13.9 Å². The molecule has 1 aromatic rings. The third-order valence-corrected chi connectivity index (χ3v) is 15.3. The zero-order valence-electron chi connectivity index (χ0n) is 29.8. The topological polar surface area (TPSA) is 69.1 Å². The predicted molar refractivity (Wildman–Crippen MR) is 180 cm³/mol. The molecule has 44 heavy (non-hydrogen) atoms. The standard InChI is InChI=1S/C35H64N4O4Si/c1-33(2,3)42-32(40)38(8)22-21-37(7)25-28-26-39(30-16-12-15-23-41-30)36-31(28)27-17-18-29(43-44(9,10)34(4,5)6)35(24-27)19-13-11-14-20-35/h26-27,29-30H,11-25H2,1-10H3. The van der Waals surface area contributed by atoms with Gasteiger partial charge in [-0.3, -0.25) is 0 Å². The van der Waals surface area contributed by atoms with Crippen LogP contribution in [-0.2, 0) is 20.4 Å². The zero-order valence-corrected chi connectivity index (χ0v) is 30.8. The van der Waals surface area contributed by atoms with E-state index in [1.54, 1.807) is 4.90 Å². The third-order valence-electron chi connectivity index (χ3n) is 10.8. The first-order chi connectivity index (χ1) is 20.5. The summed E-state index contributed by atoms with van der Waals surface area (Å²) >= 11 is 0. The normalized spacial score (nSPS) is 24.9. The van der Waals surface area contributed by atoms with E-state index in [0.29, 0.717) is 18.6 Å². The number of aromatic nitrogens is 2. The monoisotopic (exact) mass is 632 g/mol. The number of amides is 1. The molecule has 1 aliphatic heterocycles. The van der Waals surface area contributed by atoms with Gasteiger partial charge < -0.3 is 23.7 Å². The molecule has 1 spiro atoms. The molecule has 2 aliphatic carbocycles. The number of carbonyl (C=O) groups excluding carboxylic acids is 1. The van der Waals surface area contributed by atoms with E-state index in [0.717, 1.165) is 45.4 Å². The summed E-state index contributed by atoms with van der Waals surface area (Å²) < 4.78 is 21.2. The Morgan fingerprint density at radius 1 is 1.02 bits per heavy atom. The van der Waals surface area contributed by atoms with Crippen molar-refractivity contribution in [2.24, 2.45) is 5.41 Å². The Labute approximate surface area is 269 Å². The summed E-state index contributed by atoms with van der Waals surface area (Å²) in [5.74, 6) is 0.435. The minimum atomic E-state index is -1.87. The average Bonchev–Trinajstić information content (AvgIpc) is 3.36. The second-order valence-electron chi connectivity index (χ2n) is 16.7. The molecule has 0 radical (unpaired) electrons. The minimum Gasteiger partial charge on any atom is -0.444 e. The maximum Gasteiger partial charge on any atom is 0.410 e. The van der Waals surface area contributed by atoms with Gasteiger partial charge in [0.15, 0.2) is 8.32 Å². The van der Waals surface area contributed by atoms with Crippen LogP contribution in [0.25, 0.3) is 0 Å². The fourth-order valence-corrected chi connectivity index (χ4v) is 8.66. The van der Waals surface area contributed by atoms with Crippen LogP contribution in [0, 0.1) is 5.41 Å². The van der Waals surface area contributed by atoms with Crippen molar-refractivity contribution in [1.82, 2.24) is 19.6 Å². The van der Waals surface area contributed by atoms with Gasteiger partial charge in [-0.1, -0.05) is 40.0 Å². The molecule has 1 aromatic heterocycles. The van der Waals surface area contributed by atoms with Gasteiger partial charge in [0, 0.05) is 51.0 Å². The minimum absolute atomic E-state index is 0.0294. The van der Waals surface area contributed by atoms with E-state index in [2.05, 4.69) is 56.7 Å². The van der Waals surface area contributed by atoms with Crippen molar-refractivity contribution < 1.29 is 18.7 Å². The van der Waals surface area contributed by atoms with Crippen LogP contribution in [0.2, 0.25) is 18.1 Å². The van der Waals surface area contributed by atoms with Crippen LogP contribution in [0.15, 0.2) is 6.20 Å². The first-order valence-corrected chi connectivity index (χ1v) is 20.4. The molecule has 3 aliphatic rings. The van der Waals surface area contributed by atoms with Gasteiger partial charge in [0.1, 0.15) is 11.8 Å². The average molecular weight is 633 g/mol. The Kier molecular flexibility index (Phi) is 11.4. The molecule has 3 atom stereocenters. The van der Waals surface area contributed by atoms with Crippen LogP contribution < -0.4 is 0 Å². The first-order valence-electron chi connectivity index (χ1n) is 17.5. The number of ether oxygens (including phenoxy) is 2. The van der Waals surface area contributed by atoms with E-state index >= 15 is 0 Å². The Morgan fingerprint density at radius 2 is 1.73 bits per heavy atom. The molecule has 252 valence electrons. The molecular weight excluding hydrogens is 568 g/mol. The van der Waals surface area contributed by atoms with Gasteiger partial charge in [0.05, 0.1) is 11.8 Å². The molecular formula is C35H64N4O4Si. The van der Waals surface area contributed by atoms with Gasteiger partial charge in [-0.05, 0) is 103 Å². The Hall–Kier alpha value is -1.42. The summed E-state index contributed by atoms with van der Waals surface area (Å²) in [6, 6.07) is 0. The van der Waals surface area contributed by atoms with Crippen LogP contribution >= 0.6 is 0 Å². The van der Waals surface area contributed by atoms with E-state index in [9.17, 15) is 4.79 Å². The highest BCUT2D eigenvalue weighted by Gasteiger charge is 2.50. The number of likely N-dealkylation sites (N-methyl/N-ethyl adjacent to an activating group) is 2. The van der Waals surface area contributed by atoms with Crippen LogP contribution in [0.3, 0.4) is 0 Å². The van der Waals surface area contributed by atoms with Gasteiger partial charge >= 0.3 is 6.09 Å². The Balaban J connectivity index is 1.53. The highest BCUT2D eigenvalue weighted by atomic mass is 28.4. The second kappa shape index (κ2) is 14.1. The van der Waals surface area contributed by atoms with Gasteiger partial charge in [0.25, 0.3) is 0 Å². The molecule has 1 saturated heterocycles. The van der Waals surface area contributed by atoms with Crippen LogP contribution in [0.5, 0.6) is 0 Å². The fraction of sp³-hybridized carbons (Fsp3) is 0.886. The van der Waals surface area contributed by atoms with Crippen LogP contribution in [0.1, 0.15) is 136 Å². The molecule has 3 unspecified atom stereocenters. The van der Waals surface area contributed by atoms with Crippen LogP contribution in [0.4, 0.5) is 4.79 Å². The number of rotatable bonds is 9.